The zero-order valence-electron chi connectivity index (χ0n) is 8.45. The summed E-state index contributed by atoms with van der Waals surface area (Å²) in [5.74, 6) is 1.80. The molecule has 14 heavy (non-hydrogen) atoms. The number of nitrogens with zero attached hydrogens (tertiary/aromatic N) is 2. The lowest BCUT2D eigenvalue weighted by Crippen LogP contribution is -2.05. The number of rotatable bonds is 3. The third kappa shape index (κ3) is 2.29. The van der Waals surface area contributed by atoms with E-state index in [4.69, 9.17) is 5.73 Å². The molecule has 1 aliphatic carbocycles. The largest absolute Gasteiger partial charge is 0.326 e. The fourth-order valence-electron chi connectivity index (χ4n) is 2.07. The summed E-state index contributed by atoms with van der Waals surface area (Å²) in [6.45, 7) is 0.531. The minimum absolute atomic E-state index is 0.531. The summed E-state index contributed by atoms with van der Waals surface area (Å²) < 4.78 is 0. The normalized spacial score (nSPS) is 17.5. The number of hydrogen-bond donors (Lipinski definition) is 1. The molecule has 1 aromatic rings. The van der Waals surface area contributed by atoms with Crippen molar-refractivity contribution in [1.29, 1.82) is 0 Å². The molecule has 0 amide bonds. The van der Waals surface area contributed by atoms with Crippen molar-refractivity contribution >= 4 is 0 Å². The summed E-state index contributed by atoms with van der Waals surface area (Å²) in [5.41, 5.74) is 6.50. The predicted octanol–water partition coefficient (Wildman–Crippen LogP) is 1.67. The third-order valence-corrected chi connectivity index (χ3v) is 2.94. The second-order valence-electron chi connectivity index (χ2n) is 4.07. The molecule has 1 heterocycles. The molecule has 0 aliphatic heterocycles. The molecule has 0 radical (unpaired) electrons. The highest BCUT2D eigenvalue weighted by Gasteiger charge is 2.16. The zero-order chi connectivity index (χ0) is 9.80. The predicted molar refractivity (Wildman–Crippen MR) is 55.6 cm³/mol. The van der Waals surface area contributed by atoms with Gasteiger partial charge in [0.15, 0.2) is 0 Å². The Morgan fingerprint density at radius 2 is 1.86 bits per heavy atom. The molecule has 2 N–H and O–H groups in total. The Bertz CT molecular complexity index is 275. The lowest BCUT2D eigenvalue weighted by molar-refractivity contribution is 0.530. The van der Waals surface area contributed by atoms with Gasteiger partial charge in [-0.25, -0.2) is 9.97 Å². The van der Waals surface area contributed by atoms with Crippen LogP contribution in [0.25, 0.3) is 0 Å². The SMILES string of the molecule is NCc1cnc(CC2CCCC2)nc1. The zero-order valence-corrected chi connectivity index (χ0v) is 8.45. The van der Waals surface area contributed by atoms with E-state index in [0.29, 0.717) is 6.54 Å². The second-order valence-corrected chi connectivity index (χ2v) is 4.07. The van der Waals surface area contributed by atoms with E-state index in [1.54, 1.807) is 0 Å². The van der Waals surface area contributed by atoms with Crippen LogP contribution < -0.4 is 5.73 Å². The summed E-state index contributed by atoms with van der Waals surface area (Å²) in [6.07, 6.45) is 10.2. The van der Waals surface area contributed by atoms with Gasteiger partial charge in [-0.2, -0.15) is 0 Å². The standard InChI is InChI=1S/C11H17N3/c12-6-10-7-13-11(14-8-10)5-9-3-1-2-4-9/h7-9H,1-6,12H2. The minimum atomic E-state index is 0.531. The lowest BCUT2D eigenvalue weighted by atomic mass is 10.0. The fraction of sp³-hybridized carbons (Fsp3) is 0.636. The van der Waals surface area contributed by atoms with Gasteiger partial charge in [-0.3, -0.25) is 0 Å². The number of aromatic nitrogens is 2. The molecule has 1 aromatic heterocycles. The second kappa shape index (κ2) is 4.51. The Kier molecular flexibility index (Phi) is 3.09. The number of hydrogen-bond acceptors (Lipinski definition) is 3. The lowest BCUT2D eigenvalue weighted by Gasteiger charge is -2.06. The molecule has 1 saturated carbocycles. The first kappa shape index (κ1) is 9.59. The van der Waals surface area contributed by atoms with Crippen LogP contribution in [0, 0.1) is 5.92 Å². The topological polar surface area (TPSA) is 51.8 Å². The highest BCUT2D eigenvalue weighted by molar-refractivity contribution is 5.04. The minimum Gasteiger partial charge on any atom is -0.326 e. The molecule has 0 spiro atoms. The maximum Gasteiger partial charge on any atom is 0.128 e. The van der Waals surface area contributed by atoms with Crippen molar-refractivity contribution < 1.29 is 0 Å². The molecule has 1 aliphatic rings. The Labute approximate surface area is 84.8 Å². The summed E-state index contributed by atoms with van der Waals surface area (Å²) in [6, 6.07) is 0. The molecule has 1 fully saturated rings. The van der Waals surface area contributed by atoms with Crippen molar-refractivity contribution in [1.82, 2.24) is 9.97 Å². The smallest absolute Gasteiger partial charge is 0.128 e. The average Bonchev–Trinajstić information content (AvgIpc) is 2.72. The third-order valence-electron chi connectivity index (χ3n) is 2.94. The van der Waals surface area contributed by atoms with E-state index in [9.17, 15) is 0 Å². The summed E-state index contributed by atoms with van der Waals surface area (Å²) in [7, 11) is 0. The van der Waals surface area contributed by atoms with Crippen LogP contribution in [0.1, 0.15) is 37.1 Å². The van der Waals surface area contributed by atoms with Crippen LogP contribution in [0.3, 0.4) is 0 Å². The maximum absolute atomic E-state index is 5.48. The van der Waals surface area contributed by atoms with Crippen LogP contribution >= 0.6 is 0 Å². The molecule has 3 heteroatoms. The van der Waals surface area contributed by atoms with Crippen molar-refractivity contribution in [2.24, 2.45) is 11.7 Å². The number of nitrogens with two attached hydrogens (primary N) is 1. The van der Waals surface area contributed by atoms with Crippen molar-refractivity contribution in [2.45, 2.75) is 38.6 Å². The van der Waals surface area contributed by atoms with Crippen LogP contribution in [0.2, 0.25) is 0 Å². The first-order valence-corrected chi connectivity index (χ1v) is 5.38. The molecular weight excluding hydrogens is 174 g/mol. The monoisotopic (exact) mass is 191 g/mol. The molecule has 3 nitrogen and oxygen atoms in total. The Hall–Kier alpha value is -0.960. The van der Waals surface area contributed by atoms with E-state index < -0.39 is 0 Å². The molecule has 0 saturated heterocycles. The van der Waals surface area contributed by atoms with Crippen molar-refractivity contribution in [2.75, 3.05) is 0 Å². The van der Waals surface area contributed by atoms with Crippen molar-refractivity contribution in [3.05, 3.63) is 23.8 Å². The van der Waals surface area contributed by atoms with Gasteiger partial charge in [-0.05, 0) is 5.92 Å². The molecule has 0 aromatic carbocycles. The van der Waals surface area contributed by atoms with Crippen molar-refractivity contribution in [3.8, 4) is 0 Å². The molecule has 2 rings (SSSR count). The van der Waals surface area contributed by atoms with E-state index in [2.05, 4.69) is 9.97 Å². The first-order valence-electron chi connectivity index (χ1n) is 5.38. The van der Waals surface area contributed by atoms with Gasteiger partial charge < -0.3 is 5.73 Å². The molecule has 76 valence electrons. The van der Waals surface area contributed by atoms with Crippen LogP contribution in [0.5, 0.6) is 0 Å². The van der Waals surface area contributed by atoms with Crippen LogP contribution in [-0.4, -0.2) is 9.97 Å². The first-order chi connectivity index (χ1) is 6.88. The maximum atomic E-state index is 5.48. The van der Waals surface area contributed by atoms with Gasteiger partial charge in [0.1, 0.15) is 5.82 Å². The van der Waals surface area contributed by atoms with Crippen LogP contribution in [0.15, 0.2) is 12.4 Å². The Balaban J connectivity index is 1.95. The fourth-order valence-corrected chi connectivity index (χ4v) is 2.07. The van der Waals surface area contributed by atoms with Gasteiger partial charge in [0.2, 0.25) is 0 Å². The highest BCUT2D eigenvalue weighted by atomic mass is 14.9. The Morgan fingerprint density at radius 3 is 2.43 bits per heavy atom. The average molecular weight is 191 g/mol. The van der Waals surface area contributed by atoms with E-state index in [-0.39, 0.29) is 0 Å². The van der Waals surface area contributed by atoms with E-state index >= 15 is 0 Å². The van der Waals surface area contributed by atoms with Crippen LogP contribution in [-0.2, 0) is 13.0 Å². The molecule has 0 bridgehead atoms. The highest BCUT2D eigenvalue weighted by Crippen LogP contribution is 2.26. The van der Waals surface area contributed by atoms with E-state index in [1.165, 1.54) is 25.7 Å². The van der Waals surface area contributed by atoms with Gasteiger partial charge in [-0.1, -0.05) is 25.7 Å². The quantitative estimate of drug-likeness (QED) is 0.790. The van der Waals surface area contributed by atoms with Crippen LogP contribution in [0.4, 0.5) is 0 Å². The van der Waals surface area contributed by atoms with Gasteiger partial charge in [0.25, 0.3) is 0 Å². The summed E-state index contributed by atoms with van der Waals surface area (Å²) in [4.78, 5) is 8.64. The summed E-state index contributed by atoms with van der Waals surface area (Å²) in [5, 5.41) is 0. The van der Waals surface area contributed by atoms with Gasteiger partial charge in [0.05, 0.1) is 0 Å². The van der Waals surface area contributed by atoms with Crippen molar-refractivity contribution in [3.63, 3.8) is 0 Å². The van der Waals surface area contributed by atoms with Gasteiger partial charge in [0, 0.05) is 30.9 Å². The van der Waals surface area contributed by atoms with Gasteiger partial charge in [-0.15, -0.1) is 0 Å². The van der Waals surface area contributed by atoms with Gasteiger partial charge >= 0.3 is 0 Å². The Morgan fingerprint density at radius 1 is 1.21 bits per heavy atom. The summed E-state index contributed by atoms with van der Waals surface area (Å²) >= 11 is 0. The molecule has 0 unspecified atom stereocenters. The van der Waals surface area contributed by atoms with E-state index in [0.717, 1.165) is 23.7 Å². The molecule has 0 atom stereocenters. The molecular formula is C11H17N3. The van der Waals surface area contributed by atoms with E-state index in [1.807, 2.05) is 12.4 Å².